The van der Waals surface area contributed by atoms with Crippen molar-refractivity contribution >= 4 is 5.91 Å². The average Bonchev–Trinajstić information content (AvgIpc) is 3.18. The van der Waals surface area contributed by atoms with Crippen molar-refractivity contribution in [3.8, 4) is 0 Å². The molecule has 1 amide bonds. The Morgan fingerprint density at radius 1 is 1.45 bits per heavy atom. The van der Waals surface area contributed by atoms with E-state index >= 15 is 0 Å². The van der Waals surface area contributed by atoms with Crippen molar-refractivity contribution in [3.05, 3.63) is 35.4 Å². The molecule has 0 radical (unpaired) electrons. The monoisotopic (exact) mass is 286 g/mol. The Balaban J connectivity index is 2.17. The minimum Gasteiger partial charge on any atom is -0.334 e. The van der Waals surface area contributed by atoms with Crippen LogP contribution in [0.15, 0.2) is 24.3 Å². The van der Waals surface area contributed by atoms with Crippen LogP contribution >= 0.6 is 0 Å². The van der Waals surface area contributed by atoms with E-state index in [9.17, 15) is 18.0 Å². The SMILES string of the molecule is CC(N)C(=O)N(Cc1cccc(C(F)(F)F)c1)C1CC1. The molecule has 1 aliphatic carbocycles. The summed E-state index contributed by atoms with van der Waals surface area (Å²) in [5.41, 5.74) is 5.36. The van der Waals surface area contributed by atoms with E-state index in [-0.39, 0.29) is 18.5 Å². The van der Waals surface area contributed by atoms with E-state index in [4.69, 9.17) is 5.73 Å². The van der Waals surface area contributed by atoms with Crippen LogP contribution in [-0.4, -0.2) is 22.9 Å². The lowest BCUT2D eigenvalue weighted by atomic mass is 10.1. The van der Waals surface area contributed by atoms with Gasteiger partial charge in [0, 0.05) is 12.6 Å². The van der Waals surface area contributed by atoms with E-state index in [1.807, 2.05) is 0 Å². The van der Waals surface area contributed by atoms with Gasteiger partial charge in [-0.25, -0.2) is 0 Å². The fourth-order valence-electron chi connectivity index (χ4n) is 2.08. The predicted octanol–water partition coefficient (Wildman–Crippen LogP) is 2.54. The van der Waals surface area contributed by atoms with Crippen molar-refractivity contribution in [1.29, 1.82) is 0 Å². The number of halogens is 3. The second kappa shape index (κ2) is 5.44. The fourth-order valence-corrected chi connectivity index (χ4v) is 2.08. The highest BCUT2D eigenvalue weighted by atomic mass is 19.4. The van der Waals surface area contributed by atoms with Crippen LogP contribution in [0.2, 0.25) is 0 Å². The number of carbonyl (C=O) groups is 1. The van der Waals surface area contributed by atoms with Gasteiger partial charge in [-0.3, -0.25) is 4.79 Å². The molecule has 0 aromatic heterocycles. The summed E-state index contributed by atoms with van der Waals surface area (Å²) in [4.78, 5) is 13.6. The summed E-state index contributed by atoms with van der Waals surface area (Å²) in [7, 11) is 0. The molecule has 20 heavy (non-hydrogen) atoms. The van der Waals surface area contributed by atoms with Crippen LogP contribution in [0.1, 0.15) is 30.9 Å². The summed E-state index contributed by atoms with van der Waals surface area (Å²) in [6.45, 7) is 1.76. The molecule has 1 atom stereocenters. The molecular formula is C14H17F3N2O. The molecule has 2 N–H and O–H groups in total. The highest BCUT2D eigenvalue weighted by molar-refractivity contribution is 5.81. The van der Waals surface area contributed by atoms with Gasteiger partial charge in [0.05, 0.1) is 11.6 Å². The lowest BCUT2D eigenvalue weighted by Crippen LogP contribution is -2.42. The fraction of sp³-hybridized carbons (Fsp3) is 0.500. The number of rotatable bonds is 4. The molecule has 1 fully saturated rings. The normalized spacial score (nSPS) is 16.9. The van der Waals surface area contributed by atoms with E-state index in [1.54, 1.807) is 17.9 Å². The Morgan fingerprint density at radius 2 is 2.10 bits per heavy atom. The molecule has 1 aromatic rings. The first-order chi connectivity index (χ1) is 9.29. The van der Waals surface area contributed by atoms with Crippen LogP contribution in [0, 0.1) is 0 Å². The first-order valence-electron chi connectivity index (χ1n) is 6.51. The van der Waals surface area contributed by atoms with E-state index in [2.05, 4.69) is 0 Å². The molecule has 1 saturated carbocycles. The van der Waals surface area contributed by atoms with Crippen LogP contribution in [0.3, 0.4) is 0 Å². The number of carbonyl (C=O) groups excluding carboxylic acids is 1. The second-order valence-corrected chi connectivity index (χ2v) is 5.18. The highest BCUT2D eigenvalue weighted by Crippen LogP contribution is 2.32. The maximum atomic E-state index is 12.7. The summed E-state index contributed by atoms with van der Waals surface area (Å²) in [5, 5.41) is 0. The van der Waals surface area contributed by atoms with Gasteiger partial charge in [-0.2, -0.15) is 13.2 Å². The first-order valence-corrected chi connectivity index (χ1v) is 6.51. The molecule has 1 aromatic carbocycles. The number of benzene rings is 1. The summed E-state index contributed by atoms with van der Waals surface area (Å²) >= 11 is 0. The van der Waals surface area contributed by atoms with Crippen LogP contribution in [0.4, 0.5) is 13.2 Å². The van der Waals surface area contributed by atoms with Gasteiger partial charge in [0.25, 0.3) is 0 Å². The van der Waals surface area contributed by atoms with E-state index in [0.29, 0.717) is 5.56 Å². The lowest BCUT2D eigenvalue weighted by Gasteiger charge is -2.24. The van der Waals surface area contributed by atoms with Crippen molar-refractivity contribution in [2.75, 3.05) is 0 Å². The molecule has 0 saturated heterocycles. The Labute approximate surface area is 115 Å². The van der Waals surface area contributed by atoms with Gasteiger partial charge in [0.1, 0.15) is 0 Å². The maximum Gasteiger partial charge on any atom is 0.416 e. The van der Waals surface area contributed by atoms with Crippen molar-refractivity contribution < 1.29 is 18.0 Å². The van der Waals surface area contributed by atoms with Gasteiger partial charge in [0.2, 0.25) is 5.91 Å². The van der Waals surface area contributed by atoms with Crippen LogP contribution in [0.25, 0.3) is 0 Å². The Morgan fingerprint density at radius 3 is 2.60 bits per heavy atom. The molecule has 0 aliphatic heterocycles. The van der Waals surface area contributed by atoms with E-state index in [0.717, 1.165) is 25.0 Å². The number of alkyl halides is 3. The lowest BCUT2D eigenvalue weighted by molar-refractivity contribution is -0.137. The second-order valence-electron chi connectivity index (χ2n) is 5.18. The van der Waals surface area contributed by atoms with E-state index in [1.165, 1.54) is 6.07 Å². The zero-order valence-corrected chi connectivity index (χ0v) is 11.2. The molecular weight excluding hydrogens is 269 g/mol. The smallest absolute Gasteiger partial charge is 0.334 e. The van der Waals surface area contributed by atoms with Crippen molar-refractivity contribution in [1.82, 2.24) is 4.90 Å². The van der Waals surface area contributed by atoms with Crippen LogP contribution in [0.5, 0.6) is 0 Å². The molecule has 2 rings (SSSR count). The number of nitrogens with two attached hydrogens (primary N) is 1. The number of nitrogens with zero attached hydrogens (tertiary/aromatic N) is 1. The average molecular weight is 286 g/mol. The third-order valence-electron chi connectivity index (χ3n) is 3.27. The molecule has 0 spiro atoms. The van der Waals surface area contributed by atoms with Gasteiger partial charge in [-0.1, -0.05) is 12.1 Å². The highest BCUT2D eigenvalue weighted by Gasteiger charge is 2.34. The topological polar surface area (TPSA) is 46.3 Å². The molecule has 1 unspecified atom stereocenters. The van der Waals surface area contributed by atoms with Gasteiger partial charge < -0.3 is 10.6 Å². The summed E-state index contributed by atoms with van der Waals surface area (Å²) < 4.78 is 38.0. The van der Waals surface area contributed by atoms with Crippen LogP contribution in [-0.2, 0) is 17.5 Å². The molecule has 0 bridgehead atoms. The largest absolute Gasteiger partial charge is 0.416 e. The van der Waals surface area contributed by atoms with Gasteiger partial charge in [-0.05, 0) is 37.5 Å². The predicted molar refractivity (Wildman–Crippen MR) is 68.7 cm³/mol. The number of hydrogen-bond acceptors (Lipinski definition) is 2. The first kappa shape index (κ1) is 14.8. The Bertz CT molecular complexity index is 495. The molecule has 3 nitrogen and oxygen atoms in total. The molecule has 6 heteroatoms. The van der Waals surface area contributed by atoms with Crippen LogP contribution < -0.4 is 5.73 Å². The summed E-state index contributed by atoms with van der Waals surface area (Å²) in [6, 6.07) is 4.55. The van der Waals surface area contributed by atoms with Crippen molar-refractivity contribution in [2.24, 2.45) is 5.73 Å². The number of hydrogen-bond donors (Lipinski definition) is 1. The molecule has 110 valence electrons. The standard InChI is InChI=1S/C14H17F3N2O/c1-9(18)13(20)19(12-5-6-12)8-10-3-2-4-11(7-10)14(15,16)17/h2-4,7,9,12H,5-6,8,18H2,1H3. The minimum atomic E-state index is -4.37. The van der Waals surface area contributed by atoms with Crippen molar-refractivity contribution in [2.45, 2.75) is 44.6 Å². The Hall–Kier alpha value is -1.56. The van der Waals surface area contributed by atoms with E-state index < -0.39 is 17.8 Å². The maximum absolute atomic E-state index is 12.7. The minimum absolute atomic E-state index is 0.114. The zero-order valence-electron chi connectivity index (χ0n) is 11.2. The van der Waals surface area contributed by atoms with Gasteiger partial charge in [-0.15, -0.1) is 0 Å². The summed E-state index contributed by atoms with van der Waals surface area (Å²) in [6.07, 6.45) is -2.60. The Kier molecular flexibility index (Phi) is 4.04. The number of amides is 1. The zero-order chi connectivity index (χ0) is 14.9. The van der Waals surface area contributed by atoms with Gasteiger partial charge >= 0.3 is 6.18 Å². The third-order valence-corrected chi connectivity index (χ3v) is 3.27. The molecule has 1 aliphatic rings. The molecule has 0 heterocycles. The van der Waals surface area contributed by atoms with Crippen molar-refractivity contribution in [3.63, 3.8) is 0 Å². The van der Waals surface area contributed by atoms with Gasteiger partial charge in [0.15, 0.2) is 0 Å². The summed E-state index contributed by atoms with van der Waals surface area (Å²) in [5.74, 6) is -0.218. The quantitative estimate of drug-likeness (QED) is 0.924. The third kappa shape index (κ3) is 3.50.